The van der Waals surface area contributed by atoms with Crippen LogP contribution in [0.2, 0.25) is 0 Å². The molecule has 0 aliphatic rings. The number of aryl methyl sites for hydroxylation is 1. The molecule has 108 valence electrons. The van der Waals surface area contributed by atoms with Crippen molar-refractivity contribution in [1.82, 2.24) is 5.32 Å². The van der Waals surface area contributed by atoms with Crippen LogP contribution in [0.15, 0.2) is 16.6 Å². The highest BCUT2D eigenvalue weighted by atomic mass is 79.9. The highest BCUT2D eigenvalue weighted by molar-refractivity contribution is 9.10. The first-order valence-electron chi connectivity index (χ1n) is 6.06. The number of hydrogen-bond donors (Lipinski definition) is 1. The van der Waals surface area contributed by atoms with Crippen molar-refractivity contribution in [1.29, 1.82) is 5.26 Å². The first kappa shape index (κ1) is 16.4. The summed E-state index contributed by atoms with van der Waals surface area (Å²) in [6, 6.07) is 5.24. The van der Waals surface area contributed by atoms with Gasteiger partial charge in [0.2, 0.25) is 0 Å². The lowest BCUT2D eigenvalue weighted by Crippen LogP contribution is -2.46. The zero-order valence-corrected chi connectivity index (χ0v) is 13.2. The Morgan fingerprint density at radius 1 is 1.60 bits per heavy atom. The molecule has 7 heteroatoms. The summed E-state index contributed by atoms with van der Waals surface area (Å²) in [6.07, 6.45) is 0. The van der Waals surface area contributed by atoms with Gasteiger partial charge in [-0.1, -0.05) is 22.9 Å². The van der Waals surface area contributed by atoms with Crippen molar-refractivity contribution >= 4 is 21.6 Å². The second kappa shape index (κ2) is 6.68. The number of halogens is 1. The number of nitrogens with zero attached hydrogens (tertiary/aromatic N) is 2. The van der Waals surface area contributed by atoms with E-state index in [9.17, 15) is 10.1 Å². The minimum atomic E-state index is -0.887. The monoisotopic (exact) mass is 341 g/mol. The van der Waals surface area contributed by atoms with Crippen LogP contribution in [-0.4, -0.2) is 23.6 Å². The Labute approximate surface area is 126 Å². The summed E-state index contributed by atoms with van der Waals surface area (Å²) in [4.78, 5) is 10.6. The molecular formula is C13H16BrN3O3. The minimum Gasteiger partial charge on any atom is -0.484 e. The van der Waals surface area contributed by atoms with Crippen LogP contribution in [0.3, 0.4) is 0 Å². The normalized spacial score (nSPS) is 13.3. The Kier molecular flexibility index (Phi) is 5.48. The summed E-state index contributed by atoms with van der Waals surface area (Å²) in [7, 11) is 0. The fraction of sp³-hybridized carbons (Fsp3) is 0.462. The largest absolute Gasteiger partial charge is 0.484 e. The zero-order chi connectivity index (χ0) is 15.3. The molecule has 0 spiro atoms. The average Bonchev–Trinajstić information content (AvgIpc) is 2.37. The fourth-order valence-electron chi connectivity index (χ4n) is 1.77. The van der Waals surface area contributed by atoms with Gasteiger partial charge in [0.1, 0.15) is 12.1 Å². The van der Waals surface area contributed by atoms with Gasteiger partial charge >= 0.3 is 5.69 Å². The molecule has 0 amide bonds. The van der Waals surface area contributed by atoms with Gasteiger partial charge in [0.15, 0.2) is 5.75 Å². The molecule has 1 aromatic carbocycles. The second-order valence-corrected chi connectivity index (χ2v) is 5.51. The summed E-state index contributed by atoms with van der Waals surface area (Å²) in [5, 5.41) is 23.2. The predicted molar refractivity (Wildman–Crippen MR) is 78.7 cm³/mol. The highest BCUT2D eigenvalue weighted by Gasteiger charge is 2.26. The van der Waals surface area contributed by atoms with Gasteiger partial charge in [-0.05, 0) is 32.0 Å². The SMILES string of the molecule is CCNC(C)(C#N)COc1c(C)cc(Br)cc1[N+](=O)[O-]. The first-order valence-corrected chi connectivity index (χ1v) is 6.86. The molecule has 0 aliphatic carbocycles. The van der Waals surface area contributed by atoms with E-state index in [0.29, 0.717) is 16.6 Å². The fourth-order valence-corrected chi connectivity index (χ4v) is 2.33. The molecule has 0 heterocycles. The van der Waals surface area contributed by atoms with E-state index in [1.54, 1.807) is 19.9 Å². The van der Waals surface area contributed by atoms with Crippen molar-refractivity contribution in [2.75, 3.05) is 13.2 Å². The van der Waals surface area contributed by atoms with Gasteiger partial charge < -0.3 is 4.74 Å². The number of nitro benzene ring substituents is 1. The summed E-state index contributed by atoms with van der Waals surface area (Å²) >= 11 is 3.22. The molecule has 1 atom stereocenters. The van der Waals surface area contributed by atoms with Crippen molar-refractivity contribution in [2.45, 2.75) is 26.3 Å². The van der Waals surface area contributed by atoms with Crippen LogP contribution >= 0.6 is 15.9 Å². The molecule has 1 N–H and O–H groups in total. The maximum atomic E-state index is 11.1. The Morgan fingerprint density at radius 2 is 2.25 bits per heavy atom. The van der Waals surface area contributed by atoms with E-state index >= 15 is 0 Å². The number of benzene rings is 1. The van der Waals surface area contributed by atoms with Gasteiger partial charge in [-0.15, -0.1) is 0 Å². The standard InChI is InChI=1S/C13H16BrN3O3/c1-4-16-13(3,7-15)8-20-12-9(2)5-10(14)6-11(12)17(18)19/h5-6,16H,4,8H2,1-3H3. The van der Waals surface area contributed by atoms with E-state index in [1.807, 2.05) is 6.92 Å². The third kappa shape index (κ3) is 3.92. The summed E-state index contributed by atoms with van der Waals surface area (Å²) in [6.45, 7) is 5.93. The number of nitro groups is 1. The molecule has 20 heavy (non-hydrogen) atoms. The third-order valence-electron chi connectivity index (χ3n) is 2.74. The number of ether oxygens (including phenoxy) is 1. The molecule has 0 radical (unpaired) electrons. The lowest BCUT2D eigenvalue weighted by atomic mass is 10.1. The molecule has 1 rings (SSSR count). The maximum absolute atomic E-state index is 11.1. The average molecular weight is 342 g/mol. The van der Waals surface area contributed by atoms with E-state index < -0.39 is 10.5 Å². The van der Waals surface area contributed by atoms with E-state index in [2.05, 4.69) is 27.3 Å². The molecule has 1 aromatic rings. The van der Waals surface area contributed by atoms with Gasteiger partial charge in [0, 0.05) is 10.5 Å². The van der Waals surface area contributed by atoms with Gasteiger partial charge in [0.25, 0.3) is 0 Å². The third-order valence-corrected chi connectivity index (χ3v) is 3.19. The smallest absolute Gasteiger partial charge is 0.312 e. The maximum Gasteiger partial charge on any atom is 0.312 e. The van der Waals surface area contributed by atoms with Crippen molar-refractivity contribution < 1.29 is 9.66 Å². The number of nitriles is 1. The van der Waals surface area contributed by atoms with Gasteiger partial charge in [-0.2, -0.15) is 5.26 Å². The lowest BCUT2D eigenvalue weighted by molar-refractivity contribution is -0.386. The van der Waals surface area contributed by atoms with Crippen molar-refractivity contribution in [3.63, 3.8) is 0 Å². The Bertz CT molecular complexity index is 557. The van der Waals surface area contributed by atoms with Crippen LogP contribution in [0.25, 0.3) is 0 Å². The lowest BCUT2D eigenvalue weighted by Gasteiger charge is -2.23. The summed E-state index contributed by atoms with van der Waals surface area (Å²) in [5.74, 6) is 0.192. The summed E-state index contributed by atoms with van der Waals surface area (Å²) in [5.41, 5.74) is -0.362. The number of nitrogens with one attached hydrogen (secondary N) is 1. The van der Waals surface area contributed by atoms with E-state index in [0.717, 1.165) is 0 Å². The minimum absolute atomic E-state index is 0.0284. The van der Waals surface area contributed by atoms with Crippen molar-refractivity contribution in [2.24, 2.45) is 0 Å². The molecule has 0 aliphatic heterocycles. The van der Waals surface area contributed by atoms with E-state index in [1.165, 1.54) is 6.07 Å². The van der Waals surface area contributed by atoms with Crippen molar-refractivity contribution in [3.8, 4) is 11.8 Å². The predicted octanol–water partition coefficient (Wildman–Crippen LogP) is 2.94. The number of likely N-dealkylation sites (N-methyl/N-ethyl adjacent to an activating group) is 1. The van der Waals surface area contributed by atoms with E-state index in [4.69, 9.17) is 10.00 Å². The first-order chi connectivity index (χ1) is 9.33. The van der Waals surface area contributed by atoms with E-state index in [-0.39, 0.29) is 18.0 Å². The molecule has 1 unspecified atom stereocenters. The van der Waals surface area contributed by atoms with Crippen LogP contribution in [-0.2, 0) is 0 Å². The Morgan fingerprint density at radius 3 is 2.75 bits per heavy atom. The highest BCUT2D eigenvalue weighted by Crippen LogP contribution is 2.34. The van der Waals surface area contributed by atoms with Crippen molar-refractivity contribution in [3.05, 3.63) is 32.3 Å². The quantitative estimate of drug-likeness (QED) is 0.634. The van der Waals surface area contributed by atoms with Crippen LogP contribution in [0.1, 0.15) is 19.4 Å². The molecule has 6 nitrogen and oxygen atoms in total. The van der Waals surface area contributed by atoms with Gasteiger partial charge in [-0.25, -0.2) is 0 Å². The summed E-state index contributed by atoms with van der Waals surface area (Å²) < 4.78 is 6.16. The molecule has 0 saturated heterocycles. The van der Waals surface area contributed by atoms with Crippen LogP contribution in [0.5, 0.6) is 5.75 Å². The molecule has 0 saturated carbocycles. The zero-order valence-electron chi connectivity index (χ0n) is 11.6. The number of hydrogen-bond acceptors (Lipinski definition) is 5. The topological polar surface area (TPSA) is 88.2 Å². The molecular weight excluding hydrogens is 326 g/mol. The molecule has 0 aromatic heterocycles. The van der Waals surface area contributed by atoms with Crippen LogP contribution in [0.4, 0.5) is 5.69 Å². The van der Waals surface area contributed by atoms with Gasteiger partial charge in [-0.3, -0.25) is 15.4 Å². The van der Waals surface area contributed by atoms with Crippen LogP contribution < -0.4 is 10.1 Å². The Balaban J connectivity index is 3.04. The number of rotatable bonds is 6. The van der Waals surface area contributed by atoms with Crippen LogP contribution in [0, 0.1) is 28.4 Å². The molecule has 0 bridgehead atoms. The molecule has 0 fully saturated rings. The van der Waals surface area contributed by atoms with Gasteiger partial charge in [0.05, 0.1) is 11.0 Å². The second-order valence-electron chi connectivity index (χ2n) is 4.59. The Hall–Kier alpha value is -1.65.